The molecule has 0 fully saturated rings. The Kier molecular flexibility index (Phi) is 6.40. The van der Waals surface area contributed by atoms with E-state index in [0.29, 0.717) is 44.2 Å². The van der Waals surface area contributed by atoms with E-state index in [4.69, 9.17) is 9.47 Å². The number of carbonyl (C=O) groups excluding carboxylic acids is 2. The van der Waals surface area contributed by atoms with Gasteiger partial charge in [0.05, 0.1) is 25.2 Å². The second kappa shape index (κ2) is 9.23. The fraction of sp³-hybridized carbons (Fsp3) is 0.462. The van der Waals surface area contributed by atoms with E-state index in [1.807, 2.05) is 73.9 Å². The van der Waals surface area contributed by atoms with E-state index in [9.17, 15) is 9.59 Å². The van der Waals surface area contributed by atoms with Crippen molar-refractivity contribution in [2.24, 2.45) is 0 Å². The highest BCUT2D eigenvalue weighted by molar-refractivity contribution is 6.01. The zero-order valence-electron chi connectivity index (χ0n) is 19.4. The zero-order valence-corrected chi connectivity index (χ0v) is 19.4. The fourth-order valence-electron chi connectivity index (χ4n) is 5.07. The summed E-state index contributed by atoms with van der Waals surface area (Å²) < 4.78 is 11.7. The topological polar surface area (TPSA) is 59.1 Å². The Balaban J connectivity index is 1.91. The lowest BCUT2D eigenvalue weighted by Gasteiger charge is -2.46. The third-order valence-electron chi connectivity index (χ3n) is 6.53. The maximum absolute atomic E-state index is 13.8. The molecule has 4 rings (SSSR count). The Bertz CT molecular complexity index is 1010. The van der Waals surface area contributed by atoms with Gasteiger partial charge < -0.3 is 19.3 Å². The summed E-state index contributed by atoms with van der Waals surface area (Å²) in [6.45, 7) is 10.8. The van der Waals surface area contributed by atoms with Crippen molar-refractivity contribution >= 4 is 11.8 Å². The monoisotopic (exact) mass is 436 g/mol. The van der Waals surface area contributed by atoms with Crippen LogP contribution in [0.4, 0.5) is 0 Å². The number of likely N-dealkylation sites (N-methyl/N-ethyl adjacent to an activating group) is 1. The van der Waals surface area contributed by atoms with E-state index in [2.05, 4.69) is 0 Å². The molecular formula is C26H32N2O4. The van der Waals surface area contributed by atoms with Gasteiger partial charge >= 0.3 is 0 Å². The van der Waals surface area contributed by atoms with Crippen molar-refractivity contribution in [2.75, 3.05) is 32.8 Å². The summed E-state index contributed by atoms with van der Waals surface area (Å²) in [5.41, 5.74) is 3.54. The zero-order chi connectivity index (χ0) is 22.8. The Hall–Kier alpha value is -3.02. The molecule has 2 aromatic rings. The van der Waals surface area contributed by atoms with Crippen molar-refractivity contribution in [3.8, 4) is 11.5 Å². The summed E-state index contributed by atoms with van der Waals surface area (Å²) in [7, 11) is 0. The highest BCUT2D eigenvalue weighted by Crippen LogP contribution is 2.48. The van der Waals surface area contributed by atoms with Crippen molar-refractivity contribution in [3.05, 3.63) is 58.7 Å². The molecule has 2 aromatic carbocycles. The molecule has 2 unspecified atom stereocenters. The molecule has 2 aliphatic rings. The average molecular weight is 437 g/mol. The number of hydrogen-bond acceptors (Lipinski definition) is 4. The number of ether oxygens (including phenoxy) is 2. The summed E-state index contributed by atoms with van der Waals surface area (Å²) >= 11 is 0. The van der Waals surface area contributed by atoms with Gasteiger partial charge in [0.25, 0.3) is 5.91 Å². The fourth-order valence-corrected chi connectivity index (χ4v) is 5.07. The third kappa shape index (κ3) is 3.61. The number of hydrogen-bond donors (Lipinski definition) is 0. The number of fused-ring (bicyclic) bond motifs is 4. The van der Waals surface area contributed by atoms with Gasteiger partial charge in [0, 0.05) is 25.2 Å². The predicted octanol–water partition coefficient (Wildman–Crippen LogP) is 4.19. The molecule has 0 saturated carbocycles. The summed E-state index contributed by atoms with van der Waals surface area (Å²) in [6, 6.07) is 11.2. The van der Waals surface area contributed by atoms with Crippen molar-refractivity contribution in [1.82, 2.24) is 9.80 Å². The van der Waals surface area contributed by atoms with Crippen LogP contribution >= 0.6 is 0 Å². The minimum absolute atomic E-state index is 0.00769. The Labute approximate surface area is 190 Å². The van der Waals surface area contributed by atoms with Crippen LogP contribution in [-0.2, 0) is 11.2 Å². The SMILES string of the molecule is CCOc1cc2c(cc1OCC)C1C(C(=O)N(CC)CC)c3ccccc3C(=O)N1CC2. The van der Waals surface area contributed by atoms with E-state index in [0.717, 1.165) is 28.9 Å². The van der Waals surface area contributed by atoms with Crippen molar-refractivity contribution in [3.63, 3.8) is 0 Å². The van der Waals surface area contributed by atoms with Gasteiger partial charge in [-0.1, -0.05) is 18.2 Å². The van der Waals surface area contributed by atoms with Gasteiger partial charge in [-0.2, -0.15) is 0 Å². The molecule has 0 saturated heterocycles. The quantitative estimate of drug-likeness (QED) is 0.653. The Morgan fingerprint density at radius 2 is 1.66 bits per heavy atom. The predicted molar refractivity (Wildman–Crippen MR) is 123 cm³/mol. The van der Waals surface area contributed by atoms with Crippen LogP contribution in [0, 0.1) is 0 Å². The van der Waals surface area contributed by atoms with Gasteiger partial charge in [-0.3, -0.25) is 9.59 Å². The van der Waals surface area contributed by atoms with Gasteiger partial charge in [-0.15, -0.1) is 0 Å². The first kappa shape index (κ1) is 22.2. The molecule has 0 aromatic heterocycles. The highest BCUT2D eigenvalue weighted by Gasteiger charge is 2.47. The molecule has 6 nitrogen and oxygen atoms in total. The molecule has 2 heterocycles. The lowest BCUT2D eigenvalue weighted by molar-refractivity contribution is -0.134. The van der Waals surface area contributed by atoms with Gasteiger partial charge in [0.2, 0.25) is 5.91 Å². The molecule has 2 amide bonds. The van der Waals surface area contributed by atoms with E-state index in [1.165, 1.54) is 0 Å². The first-order chi connectivity index (χ1) is 15.5. The molecule has 0 spiro atoms. The van der Waals surface area contributed by atoms with Crippen LogP contribution < -0.4 is 9.47 Å². The molecule has 2 aliphatic heterocycles. The molecule has 0 radical (unpaired) electrons. The first-order valence-corrected chi connectivity index (χ1v) is 11.7. The third-order valence-corrected chi connectivity index (χ3v) is 6.53. The number of nitrogens with zero attached hydrogens (tertiary/aromatic N) is 2. The second-order valence-electron chi connectivity index (χ2n) is 8.13. The molecule has 170 valence electrons. The maximum atomic E-state index is 13.8. The largest absolute Gasteiger partial charge is 0.490 e. The standard InChI is InChI=1S/C26H32N2O4/c1-5-27(6-2)26(30)23-18-11-9-10-12-19(18)25(29)28-14-13-17-15-21(31-7-3)22(32-8-4)16-20(17)24(23)28/h9-12,15-16,23-24H,5-8,13-14H2,1-4H3. The Morgan fingerprint density at radius 3 is 2.31 bits per heavy atom. The maximum Gasteiger partial charge on any atom is 0.254 e. The van der Waals surface area contributed by atoms with Crippen molar-refractivity contribution < 1.29 is 19.1 Å². The van der Waals surface area contributed by atoms with Crippen LogP contribution in [0.2, 0.25) is 0 Å². The molecule has 32 heavy (non-hydrogen) atoms. The van der Waals surface area contributed by atoms with Crippen LogP contribution in [0.1, 0.15) is 66.7 Å². The Morgan fingerprint density at radius 1 is 1.00 bits per heavy atom. The molecule has 6 heteroatoms. The molecule has 0 aliphatic carbocycles. The summed E-state index contributed by atoms with van der Waals surface area (Å²) in [6.07, 6.45) is 0.721. The summed E-state index contributed by atoms with van der Waals surface area (Å²) in [4.78, 5) is 31.0. The van der Waals surface area contributed by atoms with Crippen LogP contribution in [0.25, 0.3) is 0 Å². The summed E-state index contributed by atoms with van der Waals surface area (Å²) in [5.74, 6) is 0.984. The lowest BCUT2D eigenvalue weighted by atomic mass is 9.75. The molecule has 0 bridgehead atoms. The second-order valence-corrected chi connectivity index (χ2v) is 8.13. The van der Waals surface area contributed by atoms with E-state index in [1.54, 1.807) is 0 Å². The normalized spacial score (nSPS) is 19.0. The van der Waals surface area contributed by atoms with Gasteiger partial charge in [-0.25, -0.2) is 0 Å². The minimum Gasteiger partial charge on any atom is -0.490 e. The van der Waals surface area contributed by atoms with Gasteiger partial charge in [-0.05, 0) is 69.0 Å². The average Bonchev–Trinajstić information content (AvgIpc) is 2.81. The van der Waals surface area contributed by atoms with Crippen LogP contribution in [-0.4, -0.2) is 54.5 Å². The number of benzene rings is 2. The minimum atomic E-state index is -0.449. The molecule has 2 atom stereocenters. The highest BCUT2D eigenvalue weighted by atomic mass is 16.5. The van der Waals surface area contributed by atoms with Gasteiger partial charge in [0.15, 0.2) is 11.5 Å². The smallest absolute Gasteiger partial charge is 0.254 e. The lowest BCUT2D eigenvalue weighted by Crippen LogP contribution is -2.50. The summed E-state index contributed by atoms with van der Waals surface area (Å²) in [5, 5.41) is 0. The number of amides is 2. The van der Waals surface area contributed by atoms with Crippen LogP contribution in [0.5, 0.6) is 11.5 Å². The van der Waals surface area contributed by atoms with E-state index in [-0.39, 0.29) is 17.9 Å². The molecular weight excluding hydrogens is 404 g/mol. The van der Waals surface area contributed by atoms with Gasteiger partial charge in [0.1, 0.15) is 0 Å². The molecule has 0 N–H and O–H groups in total. The number of rotatable bonds is 7. The van der Waals surface area contributed by atoms with Crippen molar-refractivity contribution in [1.29, 1.82) is 0 Å². The van der Waals surface area contributed by atoms with E-state index >= 15 is 0 Å². The van der Waals surface area contributed by atoms with Crippen LogP contribution in [0.3, 0.4) is 0 Å². The van der Waals surface area contributed by atoms with E-state index < -0.39 is 5.92 Å². The first-order valence-electron chi connectivity index (χ1n) is 11.7. The van der Waals surface area contributed by atoms with Crippen LogP contribution in [0.15, 0.2) is 36.4 Å². The number of carbonyl (C=O) groups is 2. The van der Waals surface area contributed by atoms with Crippen molar-refractivity contribution in [2.45, 2.75) is 46.1 Å².